The molecule has 72 heavy (non-hydrogen) atoms. The largest absolute Gasteiger partial charge is 0.456 e. The van der Waals surface area contributed by atoms with Crippen LogP contribution in [0.4, 0.5) is 0 Å². The number of para-hydroxylation sites is 4. The van der Waals surface area contributed by atoms with E-state index in [1.807, 2.05) is 24.3 Å². The van der Waals surface area contributed by atoms with Crippen LogP contribution >= 0.6 is 0 Å². The molecule has 0 saturated heterocycles. The van der Waals surface area contributed by atoms with Crippen molar-refractivity contribution in [3.05, 3.63) is 224 Å². The predicted molar refractivity (Wildman–Crippen MR) is 294 cm³/mol. The van der Waals surface area contributed by atoms with Gasteiger partial charge in [0.05, 0.1) is 33.3 Å². The zero-order valence-corrected chi connectivity index (χ0v) is 38.4. The van der Waals surface area contributed by atoms with Crippen LogP contribution in [-0.2, 0) is 0 Å². The molecule has 0 N–H and O–H groups in total. The fraction of sp³-hybridized carbons (Fsp3) is 0. The van der Waals surface area contributed by atoms with Crippen molar-refractivity contribution < 1.29 is 8.83 Å². The highest BCUT2D eigenvalue weighted by molar-refractivity contribution is 6.21. The van der Waals surface area contributed by atoms with Gasteiger partial charge in [-0.15, -0.1) is 0 Å². The number of hydrogen-bond acceptors (Lipinski definition) is 5. The van der Waals surface area contributed by atoms with Gasteiger partial charge in [-0.2, -0.15) is 0 Å². The van der Waals surface area contributed by atoms with Crippen LogP contribution < -0.4 is 0 Å². The summed E-state index contributed by atoms with van der Waals surface area (Å²) in [6.45, 7) is 0. The van der Waals surface area contributed by atoms with E-state index in [0.717, 1.165) is 126 Å². The SMILES string of the molecule is c1ccc(-n2c3ccccc3c3ccc(-c4nc(-c5ccc6oc7ccccc7c6c5)nc(-c5c(-n6c7ccccc7c7cc8ccccc8cc76)ccc6oc7c8ccccc8ccc7c56)n4)cc32)cc1. The second-order valence-electron chi connectivity index (χ2n) is 18.7. The molecule has 0 fully saturated rings. The molecule has 0 aliphatic heterocycles. The summed E-state index contributed by atoms with van der Waals surface area (Å²) >= 11 is 0. The van der Waals surface area contributed by atoms with Crippen LogP contribution in [0.5, 0.6) is 0 Å². The summed E-state index contributed by atoms with van der Waals surface area (Å²) in [4.78, 5) is 16.7. The average Bonchev–Trinajstić information content (AvgIpc) is 4.20. The molecule has 0 radical (unpaired) electrons. The second-order valence-corrected chi connectivity index (χ2v) is 18.7. The Labute approximate surface area is 410 Å². The first-order valence-corrected chi connectivity index (χ1v) is 24.2. The lowest BCUT2D eigenvalue weighted by molar-refractivity contribution is 0.669. The van der Waals surface area contributed by atoms with Gasteiger partial charge in [0.25, 0.3) is 0 Å². The number of hydrogen-bond donors (Lipinski definition) is 0. The topological polar surface area (TPSA) is 74.8 Å². The van der Waals surface area contributed by atoms with Gasteiger partial charge in [-0.1, -0.05) is 140 Å². The van der Waals surface area contributed by atoms with E-state index in [9.17, 15) is 0 Å². The Bertz CT molecular complexity index is 4940. The number of rotatable bonds is 5. The van der Waals surface area contributed by atoms with Crippen molar-refractivity contribution in [1.29, 1.82) is 0 Å². The molecule has 11 aromatic carbocycles. The Hall–Kier alpha value is -9.85. The highest BCUT2D eigenvalue weighted by Gasteiger charge is 2.26. The maximum atomic E-state index is 6.98. The molecule has 0 unspecified atom stereocenters. The van der Waals surface area contributed by atoms with Crippen molar-refractivity contribution in [2.24, 2.45) is 0 Å². The van der Waals surface area contributed by atoms with Gasteiger partial charge < -0.3 is 18.0 Å². The lowest BCUT2D eigenvalue weighted by Gasteiger charge is -2.16. The standard InChI is InChI=1S/C65H37N5O2/c1-2-17-43(18-3-1)69-52-23-11-8-20-45(52)47-29-27-42(37-55(47)69)64-66-63(41-28-32-58-51(35-41)48-22-10-13-25-57(48)71-58)67-65(68-64)61-54(31-33-59-60(61)49-30-26-38-14-6-7-19-44(38)62(49)72-59)70-53-24-12-9-21-46(53)50-34-39-15-4-5-16-40(39)36-56(50)70/h1-37H. The molecule has 5 heterocycles. The molecule has 0 aliphatic rings. The van der Waals surface area contributed by atoms with Crippen molar-refractivity contribution in [3.8, 4) is 45.5 Å². The summed E-state index contributed by atoms with van der Waals surface area (Å²) in [5.74, 6) is 1.62. The van der Waals surface area contributed by atoms with E-state index in [-0.39, 0.29) is 0 Å². The van der Waals surface area contributed by atoms with Crippen LogP contribution in [0.1, 0.15) is 0 Å². The average molecular weight is 920 g/mol. The van der Waals surface area contributed by atoms with Crippen molar-refractivity contribution in [2.75, 3.05) is 0 Å². The molecule has 334 valence electrons. The molecule has 16 aromatic rings. The smallest absolute Gasteiger partial charge is 0.166 e. The first-order valence-electron chi connectivity index (χ1n) is 24.2. The maximum absolute atomic E-state index is 6.98. The third kappa shape index (κ3) is 5.64. The van der Waals surface area contributed by atoms with Crippen LogP contribution in [-0.4, -0.2) is 24.1 Å². The van der Waals surface area contributed by atoms with Crippen molar-refractivity contribution in [2.45, 2.75) is 0 Å². The third-order valence-electron chi connectivity index (χ3n) is 14.7. The molecule has 5 aromatic heterocycles. The molecule has 0 spiro atoms. The number of furan rings is 2. The molecule has 0 atom stereocenters. The van der Waals surface area contributed by atoms with E-state index >= 15 is 0 Å². The summed E-state index contributed by atoms with van der Waals surface area (Å²) < 4.78 is 18.0. The summed E-state index contributed by atoms with van der Waals surface area (Å²) in [5, 5.41) is 13.1. The van der Waals surface area contributed by atoms with Crippen LogP contribution in [0.15, 0.2) is 233 Å². The van der Waals surface area contributed by atoms with E-state index in [2.05, 4.69) is 209 Å². The molecular weight excluding hydrogens is 883 g/mol. The first kappa shape index (κ1) is 39.0. The van der Waals surface area contributed by atoms with Crippen LogP contribution in [0, 0.1) is 0 Å². The molecule has 0 bridgehead atoms. The molecule has 16 rings (SSSR count). The summed E-state index contributed by atoms with van der Waals surface area (Å²) in [7, 11) is 0. The quantitative estimate of drug-likeness (QED) is 0.172. The Morgan fingerprint density at radius 3 is 1.69 bits per heavy atom. The zero-order chi connectivity index (χ0) is 47.0. The van der Waals surface area contributed by atoms with Crippen LogP contribution in [0.25, 0.3) is 155 Å². The molecule has 0 saturated carbocycles. The second kappa shape index (κ2) is 14.8. The fourth-order valence-corrected chi connectivity index (χ4v) is 11.5. The lowest BCUT2D eigenvalue weighted by atomic mass is 10.0. The predicted octanol–water partition coefficient (Wildman–Crippen LogP) is 17.2. The van der Waals surface area contributed by atoms with Gasteiger partial charge in [0.15, 0.2) is 17.5 Å². The van der Waals surface area contributed by atoms with Gasteiger partial charge in [-0.3, -0.25) is 0 Å². The number of aromatic nitrogens is 5. The summed E-state index contributed by atoms with van der Waals surface area (Å²) in [5.41, 5.74) is 12.1. The Balaban J connectivity index is 1.04. The Morgan fingerprint density at radius 2 is 0.875 bits per heavy atom. The number of benzene rings is 11. The molecule has 0 aliphatic carbocycles. The number of nitrogens with zero attached hydrogens (tertiary/aromatic N) is 5. The van der Waals surface area contributed by atoms with E-state index in [1.54, 1.807) is 0 Å². The van der Waals surface area contributed by atoms with Gasteiger partial charge in [0.1, 0.15) is 22.3 Å². The summed E-state index contributed by atoms with van der Waals surface area (Å²) in [6, 6.07) is 79.1. The van der Waals surface area contributed by atoms with Crippen molar-refractivity contribution >= 4 is 109 Å². The van der Waals surface area contributed by atoms with Crippen molar-refractivity contribution in [1.82, 2.24) is 24.1 Å². The maximum Gasteiger partial charge on any atom is 0.166 e. The molecule has 7 nitrogen and oxygen atoms in total. The molecule has 0 amide bonds. The minimum absolute atomic E-state index is 0.527. The van der Waals surface area contributed by atoms with Crippen LogP contribution in [0.3, 0.4) is 0 Å². The van der Waals surface area contributed by atoms with Gasteiger partial charge in [-0.25, -0.2) is 15.0 Å². The monoisotopic (exact) mass is 919 g/mol. The highest BCUT2D eigenvalue weighted by atomic mass is 16.3. The third-order valence-corrected chi connectivity index (χ3v) is 14.7. The van der Waals surface area contributed by atoms with E-state index in [0.29, 0.717) is 17.5 Å². The fourth-order valence-electron chi connectivity index (χ4n) is 11.5. The van der Waals surface area contributed by atoms with Gasteiger partial charge in [0.2, 0.25) is 0 Å². The first-order chi connectivity index (χ1) is 35.7. The number of fused-ring (bicyclic) bond motifs is 15. The zero-order valence-electron chi connectivity index (χ0n) is 38.4. The van der Waals surface area contributed by atoms with Gasteiger partial charge >= 0.3 is 0 Å². The Morgan fingerprint density at radius 1 is 0.306 bits per heavy atom. The van der Waals surface area contributed by atoms with E-state index < -0.39 is 0 Å². The molecular formula is C65H37N5O2. The van der Waals surface area contributed by atoms with Crippen LogP contribution in [0.2, 0.25) is 0 Å². The van der Waals surface area contributed by atoms with E-state index in [1.165, 1.54) is 10.8 Å². The van der Waals surface area contributed by atoms with Gasteiger partial charge in [0, 0.05) is 65.3 Å². The van der Waals surface area contributed by atoms with Crippen molar-refractivity contribution in [3.63, 3.8) is 0 Å². The van der Waals surface area contributed by atoms with Gasteiger partial charge in [-0.05, 0) is 101 Å². The lowest BCUT2D eigenvalue weighted by Crippen LogP contribution is -2.04. The summed E-state index contributed by atoms with van der Waals surface area (Å²) in [6.07, 6.45) is 0. The Kier molecular flexibility index (Phi) is 8.04. The molecule has 7 heteroatoms. The normalized spacial score (nSPS) is 12.2. The highest BCUT2D eigenvalue weighted by Crippen LogP contribution is 2.46. The van der Waals surface area contributed by atoms with E-state index in [4.69, 9.17) is 23.8 Å². The minimum atomic E-state index is 0.527. The minimum Gasteiger partial charge on any atom is -0.456 e.